The van der Waals surface area contributed by atoms with Gasteiger partial charge in [-0.2, -0.15) is 5.10 Å². The molecule has 0 bridgehead atoms. The van der Waals surface area contributed by atoms with Crippen LogP contribution in [0, 0.1) is 6.92 Å². The molecule has 0 unspecified atom stereocenters. The smallest absolute Gasteiger partial charge is 0.272 e. The molecule has 2 amide bonds. The fraction of sp³-hybridized carbons (Fsp3) is 0.320. The average Bonchev–Trinajstić information content (AvgIpc) is 3.16. The van der Waals surface area contributed by atoms with Crippen LogP contribution in [0.25, 0.3) is 0 Å². The Hall–Kier alpha value is -3.41. The first-order valence-corrected chi connectivity index (χ1v) is 10.8. The Morgan fingerprint density at radius 2 is 1.84 bits per heavy atom. The van der Waals surface area contributed by atoms with Crippen LogP contribution in [-0.4, -0.2) is 39.6 Å². The fourth-order valence-corrected chi connectivity index (χ4v) is 3.85. The van der Waals surface area contributed by atoms with E-state index in [1.807, 2.05) is 30.0 Å². The summed E-state index contributed by atoms with van der Waals surface area (Å²) in [7, 11) is 0. The number of nitrogens with zero attached hydrogens (tertiary/aromatic N) is 3. The number of rotatable bonds is 6. The van der Waals surface area contributed by atoms with E-state index >= 15 is 0 Å². The van der Waals surface area contributed by atoms with Crippen LogP contribution in [0.15, 0.2) is 60.7 Å². The van der Waals surface area contributed by atoms with Crippen molar-refractivity contribution in [3.63, 3.8) is 0 Å². The number of benzene rings is 2. The Balaban J connectivity index is 1.43. The normalized spacial score (nSPS) is 14.6. The molecule has 1 aliphatic rings. The number of hydrogen-bond donors (Lipinski definition) is 1. The third-order valence-electron chi connectivity index (χ3n) is 5.75. The van der Waals surface area contributed by atoms with E-state index in [1.54, 1.807) is 10.7 Å². The van der Waals surface area contributed by atoms with E-state index in [1.165, 1.54) is 11.1 Å². The van der Waals surface area contributed by atoms with E-state index < -0.39 is 0 Å². The summed E-state index contributed by atoms with van der Waals surface area (Å²) in [4.78, 5) is 27.6. The second-order valence-corrected chi connectivity index (χ2v) is 8.23. The van der Waals surface area contributed by atoms with Crippen LogP contribution in [0.3, 0.4) is 0 Å². The first-order valence-electron chi connectivity index (χ1n) is 10.8. The van der Waals surface area contributed by atoms with Gasteiger partial charge in [-0.15, -0.1) is 0 Å². The van der Waals surface area contributed by atoms with E-state index in [2.05, 4.69) is 53.7 Å². The number of hydrogen-bond acceptors (Lipinski definition) is 3. The van der Waals surface area contributed by atoms with Gasteiger partial charge in [-0.25, -0.2) is 0 Å². The Labute approximate surface area is 182 Å². The Bertz CT molecular complexity index is 1060. The average molecular weight is 417 g/mol. The molecule has 4 rings (SSSR count). The van der Waals surface area contributed by atoms with Crippen LogP contribution in [0.4, 0.5) is 0 Å². The van der Waals surface area contributed by atoms with Crippen molar-refractivity contribution in [3.05, 3.63) is 88.7 Å². The number of nitrogens with one attached hydrogen (secondary N) is 1. The predicted octanol–water partition coefficient (Wildman–Crippen LogP) is 3.77. The highest BCUT2D eigenvalue weighted by Crippen LogP contribution is 2.18. The Morgan fingerprint density at radius 3 is 2.58 bits per heavy atom. The van der Waals surface area contributed by atoms with Gasteiger partial charge in [0, 0.05) is 32.2 Å². The molecule has 0 radical (unpaired) electrons. The third-order valence-corrected chi connectivity index (χ3v) is 5.75. The largest absolute Gasteiger partial charge is 0.350 e. The molecule has 1 atom stereocenters. The molecule has 1 N–H and O–H groups in total. The van der Waals surface area contributed by atoms with Gasteiger partial charge in [0.15, 0.2) is 5.69 Å². The van der Waals surface area contributed by atoms with Crippen LogP contribution in [0.1, 0.15) is 56.9 Å². The van der Waals surface area contributed by atoms with E-state index in [4.69, 9.17) is 0 Å². The van der Waals surface area contributed by atoms with Crippen LogP contribution in [-0.2, 0) is 13.1 Å². The highest BCUT2D eigenvalue weighted by Gasteiger charge is 2.26. The van der Waals surface area contributed by atoms with Crippen molar-refractivity contribution in [1.82, 2.24) is 20.0 Å². The van der Waals surface area contributed by atoms with Gasteiger partial charge in [0.2, 0.25) is 0 Å². The summed E-state index contributed by atoms with van der Waals surface area (Å²) in [5.41, 5.74) is 4.23. The lowest BCUT2D eigenvalue weighted by molar-refractivity contribution is 0.0745. The van der Waals surface area contributed by atoms with Gasteiger partial charge in [-0.3, -0.25) is 14.3 Å². The SMILES string of the molecule is Cc1ccc(CN2CCCn3nc(C(=O)NC[C@@H](C)c4ccccc4)cc3C2=O)cc1. The molecule has 2 aromatic carbocycles. The van der Waals surface area contributed by atoms with Crippen molar-refractivity contribution in [1.29, 1.82) is 0 Å². The summed E-state index contributed by atoms with van der Waals surface area (Å²) in [6.45, 7) is 6.49. The number of aryl methyl sites for hydroxylation is 2. The molecule has 3 aromatic rings. The topological polar surface area (TPSA) is 67.2 Å². The number of carbonyl (C=O) groups is 2. The van der Waals surface area contributed by atoms with E-state index in [-0.39, 0.29) is 17.7 Å². The zero-order valence-corrected chi connectivity index (χ0v) is 18.0. The molecule has 0 saturated carbocycles. The van der Waals surface area contributed by atoms with Crippen molar-refractivity contribution >= 4 is 11.8 Å². The number of fused-ring (bicyclic) bond motifs is 1. The number of amides is 2. The summed E-state index contributed by atoms with van der Waals surface area (Å²) in [6.07, 6.45) is 0.804. The summed E-state index contributed by atoms with van der Waals surface area (Å²) < 4.78 is 1.67. The zero-order chi connectivity index (χ0) is 21.8. The summed E-state index contributed by atoms with van der Waals surface area (Å²) >= 11 is 0. The van der Waals surface area contributed by atoms with Gasteiger partial charge in [-0.1, -0.05) is 67.1 Å². The van der Waals surface area contributed by atoms with Gasteiger partial charge in [-0.05, 0) is 30.4 Å². The maximum absolute atomic E-state index is 13.1. The van der Waals surface area contributed by atoms with Gasteiger partial charge in [0.1, 0.15) is 5.69 Å². The first kappa shape index (κ1) is 20.8. The fourth-order valence-electron chi connectivity index (χ4n) is 3.85. The minimum Gasteiger partial charge on any atom is -0.350 e. The van der Waals surface area contributed by atoms with E-state index in [0.29, 0.717) is 37.6 Å². The molecule has 160 valence electrons. The maximum Gasteiger partial charge on any atom is 0.272 e. The lowest BCUT2D eigenvalue weighted by atomic mass is 10.0. The quantitative estimate of drug-likeness (QED) is 0.665. The van der Waals surface area contributed by atoms with Gasteiger partial charge < -0.3 is 10.2 Å². The standard InChI is InChI=1S/C25H28N4O2/c1-18-9-11-20(12-10-18)17-28-13-6-14-29-23(25(28)31)15-22(27-29)24(30)26-16-19(2)21-7-4-3-5-8-21/h3-5,7-12,15,19H,6,13-14,16-17H2,1-2H3,(H,26,30)/t19-/m1/s1. The van der Waals surface area contributed by atoms with E-state index in [0.717, 1.165) is 12.0 Å². The first-order chi connectivity index (χ1) is 15.0. The van der Waals surface area contributed by atoms with Crippen LogP contribution >= 0.6 is 0 Å². The number of aromatic nitrogens is 2. The molecular weight excluding hydrogens is 388 g/mol. The summed E-state index contributed by atoms with van der Waals surface area (Å²) in [6, 6.07) is 19.9. The van der Waals surface area contributed by atoms with Crippen molar-refractivity contribution in [2.24, 2.45) is 0 Å². The summed E-state index contributed by atoms with van der Waals surface area (Å²) in [5, 5.41) is 7.38. The predicted molar refractivity (Wildman–Crippen MR) is 120 cm³/mol. The molecule has 6 heteroatoms. The van der Waals surface area contributed by atoms with Crippen LogP contribution in [0.2, 0.25) is 0 Å². The monoisotopic (exact) mass is 416 g/mol. The van der Waals surface area contributed by atoms with Gasteiger partial charge >= 0.3 is 0 Å². The minimum atomic E-state index is -0.249. The molecule has 2 heterocycles. The lowest BCUT2D eigenvalue weighted by Gasteiger charge is -2.20. The molecule has 6 nitrogen and oxygen atoms in total. The third kappa shape index (κ3) is 4.85. The molecule has 1 aromatic heterocycles. The molecule has 0 aliphatic carbocycles. The lowest BCUT2D eigenvalue weighted by Crippen LogP contribution is -2.30. The Kier molecular flexibility index (Phi) is 6.16. The van der Waals surface area contributed by atoms with Crippen molar-refractivity contribution < 1.29 is 9.59 Å². The van der Waals surface area contributed by atoms with Crippen LogP contribution in [0.5, 0.6) is 0 Å². The Morgan fingerprint density at radius 1 is 1.10 bits per heavy atom. The van der Waals surface area contributed by atoms with Gasteiger partial charge in [0.05, 0.1) is 0 Å². The molecule has 0 spiro atoms. The van der Waals surface area contributed by atoms with Crippen molar-refractivity contribution in [2.45, 2.75) is 39.3 Å². The van der Waals surface area contributed by atoms with E-state index in [9.17, 15) is 9.59 Å². The molecular formula is C25H28N4O2. The number of carbonyl (C=O) groups excluding carboxylic acids is 2. The van der Waals surface area contributed by atoms with Crippen molar-refractivity contribution in [3.8, 4) is 0 Å². The minimum absolute atomic E-state index is 0.0812. The van der Waals surface area contributed by atoms with Crippen molar-refractivity contribution in [2.75, 3.05) is 13.1 Å². The second-order valence-electron chi connectivity index (χ2n) is 8.23. The molecule has 31 heavy (non-hydrogen) atoms. The zero-order valence-electron chi connectivity index (χ0n) is 18.0. The van der Waals surface area contributed by atoms with Crippen LogP contribution < -0.4 is 5.32 Å². The molecule has 1 aliphatic heterocycles. The van der Waals surface area contributed by atoms with Gasteiger partial charge in [0.25, 0.3) is 11.8 Å². The summed E-state index contributed by atoms with van der Waals surface area (Å²) in [5.74, 6) is -0.138. The maximum atomic E-state index is 13.1. The molecule has 0 fully saturated rings. The molecule has 0 saturated heterocycles. The highest BCUT2D eigenvalue weighted by atomic mass is 16.2. The highest BCUT2D eigenvalue weighted by molar-refractivity contribution is 5.98. The second kappa shape index (κ2) is 9.16.